The molecule has 120 valence electrons. The summed E-state index contributed by atoms with van der Waals surface area (Å²) >= 11 is 0. The van der Waals surface area contributed by atoms with Gasteiger partial charge in [-0.15, -0.1) is 0 Å². The van der Waals surface area contributed by atoms with E-state index in [9.17, 15) is 14.4 Å². The molecule has 2 unspecified atom stereocenters. The summed E-state index contributed by atoms with van der Waals surface area (Å²) in [6.45, 7) is 4.60. The van der Waals surface area contributed by atoms with Crippen molar-refractivity contribution in [3.05, 3.63) is 0 Å². The first kappa shape index (κ1) is 17.3. The minimum Gasteiger partial charge on any atom is -0.481 e. The van der Waals surface area contributed by atoms with E-state index in [1.165, 1.54) is 4.90 Å². The molecule has 0 heterocycles. The Kier molecular flexibility index (Phi) is 6.98. The molecular formula is C14H25N3O4. The van der Waals surface area contributed by atoms with Gasteiger partial charge >= 0.3 is 12.0 Å². The van der Waals surface area contributed by atoms with Gasteiger partial charge in [0.1, 0.15) is 6.54 Å². The maximum atomic E-state index is 12.1. The second kappa shape index (κ2) is 8.49. The first-order valence-electron chi connectivity index (χ1n) is 7.52. The molecule has 7 heteroatoms. The fourth-order valence-electron chi connectivity index (χ4n) is 2.56. The molecular weight excluding hydrogens is 274 g/mol. The zero-order chi connectivity index (χ0) is 15.8. The lowest BCUT2D eigenvalue weighted by Crippen LogP contribution is -2.49. The van der Waals surface area contributed by atoms with Gasteiger partial charge in [-0.05, 0) is 33.1 Å². The highest BCUT2D eigenvalue weighted by molar-refractivity contribution is 5.84. The van der Waals surface area contributed by atoms with Crippen molar-refractivity contribution >= 4 is 17.9 Å². The number of hydrogen-bond acceptors (Lipinski definition) is 3. The summed E-state index contributed by atoms with van der Waals surface area (Å²) in [5, 5.41) is 14.5. The predicted octanol–water partition coefficient (Wildman–Crippen LogP) is 0.797. The summed E-state index contributed by atoms with van der Waals surface area (Å²) in [6.07, 6.45) is 2.70. The lowest BCUT2D eigenvalue weighted by molar-refractivity contribution is -0.143. The molecule has 3 amide bonds. The number of carbonyl (C=O) groups excluding carboxylic acids is 2. The number of nitrogens with one attached hydrogen (secondary N) is 2. The van der Waals surface area contributed by atoms with Crippen LogP contribution in [0.4, 0.5) is 4.79 Å². The average Bonchev–Trinajstić information content (AvgIpc) is 2.45. The number of carboxylic acid groups (broad SMARTS) is 1. The largest absolute Gasteiger partial charge is 0.481 e. The van der Waals surface area contributed by atoms with Gasteiger partial charge in [0.2, 0.25) is 5.91 Å². The van der Waals surface area contributed by atoms with Gasteiger partial charge in [0, 0.05) is 19.1 Å². The molecule has 0 saturated heterocycles. The predicted molar refractivity (Wildman–Crippen MR) is 77.8 cm³/mol. The third-order valence-electron chi connectivity index (χ3n) is 3.73. The molecule has 0 bridgehead atoms. The molecule has 0 aliphatic heterocycles. The van der Waals surface area contributed by atoms with E-state index in [0.29, 0.717) is 25.9 Å². The molecule has 1 aliphatic rings. The van der Waals surface area contributed by atoms with Crippen LogP contribution in [0.5, 0.6) is 0 Å². The summed E-state index contributed by atoms with van der Waals surface area (Å²) in [4.78, 5) is 36.1. The van der Waals surface area contributed by atoms with E-state index in [2.05, 4.69) is 10.6 Å². The first-order chi connectivity index (χ1) is 9.97. The Balaban J connectivity index is 2.49. The molecule has 1 fully saturated rings. The van der Waals surface area contributed by atoms with Gasteiger partial charge in [-0.1, -0.05) is 6.42 Å². The van der Waals surface area contributed by atoms with Crippen molar-refractivity contribution in [2.75, 3.05) is 19.6 Å². The Bertz CT molecular complexity index is 386. The minimum absolute atomic E-state index is 0.0191. The van der Waals surface area contributed by atoms with Crippen LogP contribution < -0.4 is 10.6 Å². The van der Waals surface area contributed by atoms with Crippen LogP contribution in [0, 0.1) is 5.92 Å². The summed E-state index contributed by atoms with van der Waals surface area (Å²) in [5.74, 6) is -1.38. The Morgan fingerprint density at radius 1 is 1.24 bits per heavy atom. The van der Waals surface area contributed by atoms with Crippen LogP contribution in [0.15, 0.2) is 0 Å². The fourth-order valence-corrected chi connectivity index (χ4v) is 2.56. The minimum atomic E-state index is -0.802. The van der Waals surface area contributed by atoms with Crippen LogP contribution in [0.1, 0.15) is 39.5 Å². The highest BCUT2D eigenvalue weighted by Gasteiger charge is 2.28. The highest BCUT2D eigenvalue weighted by atomic mass is 16.4. The van der Waals surface area contributed by atoms with E-state index in [-0.39, 0.29) is 30.4 Å². The second-order valence-electron chi connectivity index (χ2n) is 5.32. The van der Waals surface area contributed by atoms with Crippen molar-refractivity contribution in [3.63, 3.8) is 0 Å². The molecule has 0 aromatic heterocycles. The SMILES string of the molecule is CCNC(=O)CN(CC)C(=O)NC1CCCC(C(=O)O)C1. The molecule has 1 rings (SSSR count). The van der Waals surface area contributed by atoms with Crippen LogP contribution in [-0.4, -0.2) is 53.6 Å². The van der Waals surface area contributed by atoms with Crippen LogP contribution in [0.2, 0.25) is 0 Å². The van der Waals surface area contributed by atoms with Gasteiger partial charge in [0.15, 0.2) is 0 Å². The van der Waals surface area contributed by atoms with Crippen molar-refractivity contribution in [2.24, 2.45) is 5.92 Å². The van der Waals surface area contributed by atoms with Crippen LogP contribution >= 0.6 is 0 Å². The molecule has 0 radical (unpaired) electrons. The number of amides is 3. The number of carbonyl (C=O) groups is 3. The van der Waals surface area contributed by atoms with E-state index < -0.39 is 5.97 Å². The summed E-state index contributed by atoms with van der Waals surface area (Å²) in [7, 11) is 0. The van der Waals surface area contributed by atoms with Crippen molar-refractivity contribution < 1.29 is 19.5 Å². The van der Waals surface area contributed by atoms with Crippen molar-refractivity contribution in [1.82, 2.24) is 15.5 Å². The lowest BCUT2D eigenvalue weighted by atomic mass is 9.86. The van der Waals surface area contributed by atoms with Crippen LogP contribution in [-0.2, 0) is 9.59 Å². The Morgan fingerprint density at radius 2 is 1.95 bits per heavy atom. The smallest absolute Gasteiger partial charge is 0.318 e. The molecule has 0 aromatic carbocycles. The Labute approximate surface area is 125 Å². The number of carboxylic acids is 1. The van der Waals surface area contributed by atoms with Gasteiger partial charge in [0.05, 0.1) is 5.92 Å². The van der Waals surface area contributed by atoms with Crippen molar-refractivity contribution in [3.8, 4) is 0 Å². The lowest BCUT2D eigenvalue weighted by Gasteiger charge is -2.30. The van der Waals surface area contributed by atoms with Crippen molar-refractivity contribution in [1.29, 1.82) is 0 Å². The van der Waals surface area contributed by atoms with E-state index >= 15 is 0 Å². The molecule has 2 atom stereocenters. The molecule has 21 heavy (non-hydrogen) atoms. The monoisotopic (exact) mass is 299 g/mol. The van der Waals surface area contributed by atoms with Crippen LogP contribution in [0.25, 0.3) is 0 Å². The quantitative estimate of drug-likeness (QED) is 0.675. The molecule has 1 aliphatic carbocycles. The maximum absolute atomic E-state index is 12.1. The molecule has 1 saturated carbocycles. The zero-order valence-electron chi connectivity index (χ0n) is 12.7. The van der Waals surface area contributed by atoms with E-state index in [0.717, 1.165) is 12.8 Å². The number of aliphatic carboxylic acids is 1. The third kappa shape index (κ3) is 5.61. The fraction of sp³-hybridized carbons (Fsp3) is 0.786. The van der Waals surface area contributed by atoms with Gasteiger partial charge in [-0.2, -0.15) is 0 Å². The Morgan fingerprint density at radius 3 is 2.52 bits per heavy atom. The first-order valence-corrected chi connectivity index (χ1v) is 7.52. The van der Waals surface area contributed by atoms with E-state index in [1.807, 2.05) is 6.92 Å². The van der Waals surface area contributed by atoms with E-state index in [4.69, 9.17) is 5.11 Å². The van der Waals surface area contributed by atoms with Gasteiger partial charge < -0.3 is 20.6 Å². The number of hydrogen-bond donors (Lipinski definition) is 3. The number of likely N-dealkylation sites (N-methyl/N-ethyl adjacent to an activating group) is 2. The molecule has 7 nitrogen and oxygen atoms in total. The maximum Gasteiger partial charge on any atom is 0.318 e. The topological polar surface area (TPSA) is 98.7 Å². The van der Waals surface area contributed by atoms with E-state index in [1.54, 1.807) is 6.92 Å². The third-order valence-corrected chi connectivity index (χ3v) is 3.73. The second-order valence-corrected chi connectivity index (χ2v) is 5.32. The molecule has 0 aromatic rings. The van der Waals surface area contributed by atoms with Gasteiger partial charge in [-0.25, -0.2) is 4.79 Å². The standard InChI is InChI=1S/C14H25N3O4/c1-3-15-12(18)9-17(4-2)14(21)16-11-7-5-6-10(8-11)13(19)20/h10-11H,3-9H2,1-2H3,(H,15,18)(H,16,21)(H,19,20). The van der Waals surface area contributed by atoms with Gasteiger partial charge in [0.25, 0.3) is 0 Å². The number of nitrogens with zero attached hydrogens (tertiary/aromatic N) is 1. The number of rotatable bonds is 6. The average molecular weight is 299 g/mol. The van der Waals surface area contributed by atoms with Gasteiger partial charge in [-0.3, -0.25) is 9.59 Å². The summed E-state index contributed by atoms with van der Waals surface area (Å²) < 4.78 is 0. The molecule has 0 spiro atoms. The molecule has 3 N–H and O–H groups in total. The summed E-state index contributed by atoms with van der Waals surface area (Å²) in [5.41, 5.74) is 0. The number of urea groups is 1. The normalized spacial score (nSPS) is 21.4. The highest BCUT2D eigenvalue weighted by Crippen LogP contribution is 2.24. The van der Waals surface area contributed by atoms with Crippen molar-refractivity contribution in [2.45, 2.75) is 45.6 Å². The Hall–Kier alpha value is -1.79. The summed E-state index contributed by atoms with van der Waals surface area (Å²) in [6, 6.07) is -0.435. The van der Waals surface area contributed by atoms with Crippen LogP contribution in [0.3, 0.4) is 0 Å². The zero-order valence-corrected chi connectivity index (χ0v) is 12.7.